The van der Waals surface area contributed by atoms with Crippen molar-refractivity contribution >= 4 is 27.7 Å². The van der Waals surface area contributed by atoms with Crippen molar-refractivity contribution in [2.24, 2.45) is 0 Å². The first-order valence-electron chi connectivity index (χ1n) is 7.08. The smallest absolute Gasteiger partial charge is 0.358 e. The van der Waals surface area contributed by atoms with Crippen LogP contribution in [0.4, 0.5) is 5.82 Å². The number of aryl methyl sites for hydroxylation is 1. The lowest BCUT2D eigenvalue weighted by Crippen LogP contribution is -2.35. The normalized spacial score (nSPS) is 12.1. The van der Waals surface area contributed by atoms with Crippen molar-refractivity contribution in [2.75, 3.05) is 6.54 Å². The molecule has 0 spiro atoms. The maximum Gasteiger partial charge on any atom is 0.390 e. The number of carbonyl (C=O) groups excluding carboxylic acids is 1. The first-order chi connectivity index (χ1) is 10.9. The summed E-state index contributed by atoms with van der Waals surface area (Å²) in [4.78, 5) is 22.5. The summed E-state index contributed by atoms with van der Waals surface area (Å²) in [5.41, 5.74) is 0.578. The molecule has 1 amide bonds. The van der Waals surface area contributed by atoms with Gasteiger partial charge in [-0.1, -0.05) is 6.92 Å². The average Bonchev–Trinajstić information content (AvgIpc) is 3.07. The van der Waals surface area contributed by atoms with Gasteiger partial charge in [0.05, 0.1) is 34.1 Å². The molecule has 0 aromatic carbocycles. The molecule has 0 bridgehead atoms. The SMILES string of the molecule is CCC(C(=O)NCCn1cc(Br)cn1)n1nc([N+](=O)[O-])cc1C. The Bertz CT molecular complexity index is 710. The molecule has 0 radical (unpaired) electrons. The second-order valence-corrected chi connectivity index (χ2v) is 5.90. The highest BCUT2D eigenvalue weighted by molar-refractivity contribution is 9.10. The van der Waals surface area contributed by atoms with E-state index >= 15 is 0 Å². The molecule has 2 heterocycles. The van der Waals surface area contributed by atoms with E-state index in [9.17, 15) is 14.9 Å². The number of aromatic nitrogens is 4. The van der Waals surface area contributed by atoms with Gasteiger partial charge >= 0.3 is 5.82 Å². The van der Waals surface area contributed by atoms with Crippen LogP contribution >= 0.6 is 15.9 Å². The summed E-state index contributed by atoms with van der Waals surface area (Å²) in [7, 11) is 0. The van der Waals surface area contributed by atoms with Crippen LogP contribution in [0.15, 0.2) is 22.9 Å². The van der Waals surface area contributed by atoms with Crippen molar-refractivity contribution in [1.82, 2.24) is 24.9 Å². The number of amides is 1. The van der Waals surface area contributed by atoms with Gasteiger partial charge < -0.3 is 15.4 Å². The number of hydrogen-bond acceptors (Lipinski definition) is 5. The standard InChI is InChI=1S/C13H17BrN6O3/c1-3-11(19-9(2)6-12(17-19)20(22)23)13(21)15-4-5-18-8-10(14)7-16-18/h6-8,11H,3-5H2,1-2H3,(H,15,21). The maximum absolute atomic E-state index is 12.3. The average molecular weight is 385 g/mol. The van der Waals surface area contributed by atoms with Gasteiger partial charge in [0.25, 0.3) is 0 Å². The van der Waals surface area contributed by atoms with Gasteiger partial charge in [0, 0.05) is 12.7 Å². The Balaban J connectivity index is 1.99. The van der Waals surface area contributed by atoms with Gasteiger partial charge in [-0.25, -0.2) is 0 Å². The molecule has 0 aliphatic carbocycles. The van der Waals surface area contributed by atoms with Crippen LogP contribution in [0, 0.1) is 17.0 Å². The van der Waals surface area contributed by atoms with Crippen LogP contribution in [-0.2, 0) is 11.3 Å². The van der Waals surface area contributed by atoms with E-state index in [-0.39, 0.29) is 11.7 Å². The Hall–Kier alpha value is -2.23. The number of nitrogens with one attached hydrogen (secondary N) is 1. The van der Waals surface area contributed by atoms with Gasteiger partial charge in [0.15, 0.2) is 6.04 Å². The molecule has 23 heavy (non-hydrogen) atoms. The highest BCUT2D eigenvalue weighted by atomic mass is 79.9. The Labute approximate surface area is 140 Å². The monoisotopic (exact) mass is 384 g/mol. The molecular weight excluding hydrogens is 368 g/mol. The van der Waals surface area contributed by atoms with Crippen molar-refractivity contribution in [3.8, 4) is 0 Å². The molecule has 0 saturated carbocycles. The van der Waals surface area contributed by atoms with Crippen LogP contribution in [0.5, 0.6) is 0 Å². The Morgan fingerprint density at radius 1 is 1.57 bits per heavy atom. The summed E-state index contributed by atoms with van der Waals surface area (Å²) in [5, 5.41) is 21.6. The maximum atomic E-state index is 12.3. The van der Waals surface area contributed by atoms with Gasteiger partial charge in [-0.2, -0.15) is 9.78 Å². The van der Waals surface area contributed by atoms with Gasteiger partial charge in [0.1, 0.15) is 0 Å². The highest BCUT2D eigenvalue weighted by Crippen LogP contribution is 2.18. The lowest BCUT2D eigenvalue weighted by Gasteiger charge is -2.14. The molecule has 1 unspecified atom stereocenters. The largest absolute Gasteiger partial charge is 0.390 e. The predicted molar refractivity (Wildman–Crippen MR) is 85.9 cm³/mol. The first kappa shape index (κ1) is 17.1. The van der Waals surface area contributed by atoms with Gasteiger partial charge in [-0.3, -0.25) is 9.48 Å². The number of nitro groups is 1. The topological polar surface area (TPSA) is 108 Å². The molecule has 1 N–H and O–H groups in total. The van der Waals surface area contributed by atoms with Crippen molar-refractivity contribution < 1.29 is 9.72 Å². The number of hydrogen-bond donors (Lipinski definition) is 1. The van der Waals surface area contributed by atoms with Crippen molar-refractivity contribution in [2.45, 2.75) is 32.9 Å². The zero-order valence-electron chi connectivity index (χ0n) is 12.8. The van der Waals surface area contributed by atoms with E-state index in [0.717, 1.165) is 4.47 Å². The van der Waals surface area contributed by atoms with E-state index in [0.29, 0.717) is 25.2 Å². The fraction of sp³-hybridized carbons (Fsp3) is 0.462. The second-order valence-electron chi connectivity index (χ2n) is 4.98. The molecule has 2 rings (SSSR count). The lowest BCUT2D eigenvalue weighted by molar-refractivity contribution is -0.389. The fourth-order valence-corrected chi connectivity index (χ4v) is 2.55. The molecule has 2 aromatic heterocycles. The molecule has 0 aliphatic heterocycles. The fourth-order valence-electron chi connectivity index (χ4n) is 2.22. The van der Waals surface area contributed by atoms with Crippen LogP contribution in [-0.4, -0.2) is 36.9 Å². The minimum atomic E-state index is -0.576. The van der Waals surface area contributed by atoms with Crippen molar-refractivity contribution in [3.05, 3.63) is 38.7 Å². The summed E-state index contributed by atoms with van der Waals surface area (Å²) in [6, 6.07) is 0.782. The summed E-state index contributed by atoms with van der Waals surface area (Å²) in [6.45, 7) is 4.47. The lowest BCUT2D eigenvalue weighted by atomic mass is 10.2. The minimum absolute atomic E-state index is 0.222. The molecule has 0 fully saturated rings. The van der Waals surface area contributed by atoms with Crippen LogP contribution in [0.3, 0.4) is 0 Å². The number of nitrogens with zero attached hydrogens (tertiary/aromatic N) is 5. The third-order valence-corrected chi connectivity index (χ3v) is 3.73. The molecule has 0 aliphatic rings. The summed E-state index contributed by atoms with van der Waals surface area (Å²) in [5.74, 6) is -0.477. The van der Waals surface area contributed by atoms with E-state index in [4.69, 9.17) is 0 Å². The Morgan fingerprint density at radius 2 is 2.30 bits per heavy atom. The highest BCUT2D eigenvalue weighted by Gasteiger charge is 2.26. The van der Waals surface area contributed by atoms with E-state index in [2.05, 4.69) is 31.4 Å². The number of rotatable bonds is 7. The van der Waals surface area contributed by atoms with E-state index in [1.165, 1.54) is 10.7 Å². The molecule has 10 heteroatoms. The van der Waals surface area contributed by atoms with E-state index < -0.39 is 11.0 Å². The van der Waals surface area contributed by atoms with Crippen molar-refractivity contribution in [1.29, 1.82) is 0 Å². The molecule has 124 valence electrons. The predicted octanol–water partition coefficient (Wildman–Crippen LogP) is 1.83. The minimum Gasteiger partial charge on any atom is -0.358 e. The van der Waals surface area contributed by atoms with Gasteiger partial charge in [-0.05, 0) is 34.2 Å². The van der Waals surface area contributed by atoms with E-state index in [1.807, 2.05) is 13.1 Å². The third kappa shape index (κ3) is 4.15. The molecule has 9 nitrogen and oxygen atoms in total. The molecule has 0 saturated heterocycles. The summed E-state index contributed by atoms with van der Waals surface area (Å²) in [6.07, 6.45) is 3.96. The molecule has 2 aromatic rings. The van der Waals surface area contributed by atoms with Crippen molar-refractivity contribution in [3.63, 3.8) is 0 Å². The van der Waals surface area contributed by atoms with Crippen LogP contribution < -0.4 is 5.32 Å². The van der Waals surface area contributed by atoms with Crippen LogP contribution in [0.25, 0.3) is 0 Å². The third-order valence-electron chi connectivity index (χ3n) is 3.32. The number of carbonyl (C=O) groups is 1. The first-order valence-corrected chi connectivity index (χ1v) is 7.88. The van der Waals surface area contributed by atoms with Crippen LogP contribution in [0.2, 0.25) is 0 Å². The number of halogens is 1. The Kier molecular flexibility index (Phi) is 5.48. The molecular formula is C13H17BrN6O3. The zero-order chi connectivity index (χ0) is 17.0. The van der Waals surface area contributed by atoms with Gasteiger partial charge in [0.2, 0.25) is 5.91 Å². The second kappa shape index (κ2) is 7.36. The van der Waals surface area contributed by atoms with E-state index in [1.54, 1.807) is 17.8 Å². The van der Waals surface area contributed by atoms with Gasteiger partial charge in [-0.15, -0.1) is 0 Å². The summed E-state index contributed by atoms with van der Waals surface area (Å²) < 4.78 is 3.97. The molecule has 1 atom stereocenters. The quantitative estimate of drug-likeness (QED) is 0.578. The zero-order valence-corrected chi connectivity index (χ0v) is 14.4. The summed E-state index contributed by atoms with van der Waals surface area (Å²) >= 11 is 3.30. The van der Waals surface area contributed by atoms with Crippen LogP contribution in [0.1, 0.15) is 25.1 Å². The Morgan fingerprint density at radius 3 is 2.83 bits per heavy atom.